The van der Waals surface area contributed by atoms with Crippen LogP contribution in [0.15, 0.2) is 57.3 Å². The maximum absolute atomic E-state index is 14.2. The number of aryl methyl sites for hydroxylation is 3. The number of aromatic nitrogens is 2. The van der Waals surface area contributed by atoms with Gasteiger partial charge >= 0.3 is 0 Å². The Bertz CT molecular complexity index is 1920. The average Bonchev–Trinajstić information content (AvgIpc) is 3.44. The fourth-order valence-electron chi connectivity index (χ4n) is 8.00. The van der Waals surface area contributed by atoms with Crippen molar-refractivity contribution >= 4 is 39.0 Å². The number of anilines is 1. The van der Waals surface area contributed by atoms with Gasteiger partial charge in [0.1, 0.15) is 15.7 Å². The molecule has 3 heterocycles. The number of rotatable bonds is 5. The highest BCUT2D eigenvalue weighted by atomic mass is 35.5. The smallest absolute Gasteiger partial charge is 0.286 e. The fourth-order valence-corrected chi connectivity index (χ4v) is 9.82. The largest absolute Gasteiger partial charge is 0.490 e. The summed E-state index contributed by atoms with van der Waals surface area (Å²) in [7, 11) is -1.70. The van der Waals surface area contributed by atoms with E-state index in [0.29, 0.717) is 60.9 Å². The van der Waals surface area contributed by atoms with Gasteiger partial charge in [-0.25, -0.2) is 4.21 Å². The molecule has 2 aliphatic heterocycles. The van der Waals surface area contributed by atoms with E-state index in [1.54, 1.807) is 20.1 Å². The molecule has 2 amide bonds. The van der Waals surface area contributed by atoms with E-state index in [4.69, 9.17) is 25.5 Å². The normalized spacial score (nSPS) is 28.7. The van der Waals surface area contributed by atoms with Crippen molar-refractivity contribution in [3.63, 3.8) is 0 Å². The van der Waals surface area contributed by atoms with Crippen molar-refractivity contribution in [1.29, 1.82) is 0 Å². The average molecular weight is 722 g/mol. The predicted octanol–water partition coefficient (Wildman–Crippen LogP) is 6.17. The van der Waals surface area contributed by atoms with Crippen molar-refractivity contribution in [3.05, 3.63) is 82.0 Å². The minimum Gasteiger partial charge on any atom is -0.490 e. The zero-order chi connectivity index (χ0) is 34.9. The van der Waals surface area contributed by atoms with Gasteiger partial charge in [-0.3, -0.25) is 14.3 Å². The Morgan fingerprint density at radius 2 is 2.06 bits per heavy atom. The first-order valence-electron chi connectivity index (χ1n) is 17.5. The lowest BCUT2D eigenvalue weighted by Crippen LogP contribution is -2.49. The molecular weight excluding hydrogens is 678 g/mol. The van der Waals surface area contributed by atoms with Crippen LogP contribution in [0.5, 0.6) is 5.75 Å². The molecule has 0 saturated heterocycles. The first-order valence-corrected chi connectivity index (χ1v) is 19.6. The van der Waals surface area contributed by atoms with E-state index < -0.39 is 21.7 Å². The zero-order valence-electron chi connectivity index (χ0n) is 28.6. The number of halogens is 1. The Kier molecular flexibility index (Phi) is 10.0. The van der Waals surface area contributed by atoms with E-state index in [1.807, 2.05) is 18.2 Å². The van der Waals surface area contributed by atoms with Crippen molar-refractivity contribution in [3.8, 4) is 5.75 Å². The molecule has 4 aliphatic rings. The topological polar surface area (TPSA) is 136 Å². The molecule has 50 heavy (non-hydrogen) atoms. The number of allylic oxidation sites excluding steroid dienone is 1. The highest BCUT2D eigenvalue weighted by Crippen LogP contribution is 2.47. The monoisotopic (exact) mass is 721 g/mol. The van der Waals surface area contributed by atoms with E-state index in [0.717, 1.165) is 49.4 Å². The third-order valence-electron chi connectivity index (χ3n) is 10.7. The lowest BCUT2D eigenvalue weighted by molar-refractivity contribution is -0.119. The van der Waals surface area contributed by atoms with Crippen molar-refractivity contribution in [1.82, 2.24) is 14.9 Å². The SMILES string of the molecule is CO[C@H]1/C=C\CCCS(=O)(NC(=O)CCc2nnc(C)o2)=NC(=O)c2ccc3c(c2)N(C[C@@H]2CC[C@H]21)C[C@@]1(CCCc2cc(Cl)ccc21)CO3. The first kappa shape index (κ1) is 34.7. The third-order valence-corrected chi connectivity index (χ3v) is 12.7. The molecule has 2 aliphatic carbocycles. The summed E-state index contributed by atoms with van der Waals surface area (Å²) in [6.45, 7) is 3.66. The van der Waals surface area contributed by atoms with Crippen LogP contribution in [-0.4, -0.2) is 64.9 Å². The van der Waals surface area contributed by atoms with Gasteiger partial charge in [0.15, 0.2) is 0 Å². The lowest BCUT2D eigenvalue weighted by Gasteiger charge is -2.46. The van der Waals surface area contributed by atoms with Gasteiger partial charge in [-0.15, -0.1) is 14.6 Å². The van der Waals surface area contributed by atoms with Crippen LogP contribution in [0.25, 0.3) is 0 Å². The third kappa shape index (κ3) is 7.34. The summed E-state index contributed by atoms with van der Waals surface area (Å²) in [5.41, 5.74) is 3.38. The van der Waals surface area contributed by atoms with Crippen LogP contribution in [0.2, 0.25) is 5.02 Å². The van der Waals surface area contributed by atoms with Crippen LogP contribution in [0, 0.1) is 18.8 Å². The van der Waals surface area contributed by atoms with Crippen LogP contribution in [-0.2, 0) is 37.7 Å². The summed E-state index contributed by atoms with van der Waals surface area (Å²) >= 11 is 6.44. The van der Waals surface area contributed by atoms with Gasteiger partial charge in [0.05, 0.1) is 24.2 Å². The summed E-state index contributed by atoms with van der Waals surface area (Å²) in [4.78, 5) is 29.2. The Morgan fingerprint density at radius 3 is 2.84 bits per heavy atom. The second-order valence-electron chi connectivity index (χ2n) is 14.0. The quantitative estimate of drug-likeness (QED) is 0.307. The standard InChI is InChI=1S/C37H44ClN5O6S/c1-24-39-40-35(49-24)16-15-34(44)41-50(46)18-5-3-4-8-32(47-2)29-12-9-27(29)21-43-22-37(17-6-7-25-19-28(38)11-13-30(25)37)23-48-33-14-10-26(20-31(33)43)36(45)42-50/h4,8,10-11,13-14,19-20,27,29,32H,3,5-7,9,12,15-18,21-23H2,1-2H3,(H,41,42,44,45,46)/b8-4-/t27-,29+,32-,37-,50?/m0/s1. The Hall–Kier alpha value is -3.74. The highest BCUT2D eigenvalue weighted by Gasteiger charge is 2.44. The molecule has 3 aromatic rings. The molecule has 13 heteroatoms. The van der Waals surface area contributed by atoms with Crippen molar-refractivity contribution in [2.45, 2.75) is 76.2 Å². The van der Waals surface area contributed by atoms with Crippen LogP contribution in [0.4, 0.5) is 5.69 Å². The van der Waals surface area contributed by atoms with Crippen molar-refractivity contribution in [2.24, 2.45) is 16.2 Å². The molecule has 1 N–H and O–H groups in total. The number of ether oxygens (including phenoxy) is 2. The molecule has 266 valence electrons. The molecule has 1 spiro atoms. The Morgan fingerprint density at radius 1 is 1.18 bits per heavy atom. The molecule has 1 fully saturated rings. The molecule has 1 saturated carbocycles. The van der Waals surface area contributed by atoms with Gasteiger partial charge in [0.2, 0.25) is 17.7 Å². The molecular formula is C37H44ClN5O6S. The maximum atomic E-state index is 14.2. The number of nitrogens with one attached hydrogen (secondary N) is 1. The number of hydrogen-bond donors (Lipinski definition) is 1. The van der Waals surface area contributed by atoms with Crippen LogP contribution in [0.3, 0.4) is 0 Å². The number of benzene rings is 2. The molecule has 11 nitrogen and oxygen atoms in total. The number of fused-ring (bicyclic) bond motifs is 4. The number of hydrogen-bond acceptors (Lipinski definition) is 9. The number of amides is 2. The maximum Gasteiger partial charge on any atom is 0.286 e. The van der Waals surface area contributed by atoms with E-state index in [-0.39, 0.29) is 30.1 Å². The van der Waals surface area contributed by atoms with E-state index in [2.05, 4.69) is 48.5 Å². The summed E-state index contributed by atoms with van der Waals surface area (Å²) in [6.07, 6.45) is 10.4. The Labute approximate surface area is 298 Å². The first-order chi connectivity index (χ1) is 24.1. The van der Waals surface area contributed by atoms with E-state index in [1.165, 1.54) is 11.1 Å². The van der Waals surface area contributed by atoms with Gasteiger partial charge in [-0.1, -0.05) is 29.8 Å². The molecule has 7 rings (SSSR count). The summed E-state index contributed by atoms with van der Waals surface area (Å²) in [6, 6.07) is 11.5. The van der Waals surface area contributed by atoms with Gasteiger partial charge in [-0.05, 0) is 98.2 Å². The molecule has 1 aromatic heterocycles. The minimum atomic E-state index is -3.45. The molecule has 0 radical (unpaired) electrons. The predicted molar refractivity (Wildman–Crippen MR) is 191 cm³/mol. The molecule has 2 bridgehead atoms. The number of nitrogens with zero attached hydrogens (tertiary/aromatic N) is 4. The van der Waals surface area contributed by atoms with Gasteiger partial charge < -0.3 is 18.8 Å². The number of carbonyl (C=O) groups excluding carboxylic acids is 2. The van der Waals surface area contributed by atoms with E-state index >= 15 is 0 Å². The Balaban J connectivity index is 1.24. The summed E-state index contributed by atoms with van der Waals surface area (Å²) in [5.74, 6) is 1.00. The van der Waals surface area contributed by atoms with Gasteiger partial charge in [0, 0.05) is 56.0 Å². The summed E-state index contributed by atoms with van der Waals surface area (Å²) < 4.78 is 39.0. The van der Waals surface area contributed by atoms with E-state index in [9.17, 15) is 13.8 Å². The lowest BCUT2D eigenvalue weighted by atomic mass is 9.68. The molecule has 1 unspecified atom stereocenters. The fraction of sp³-hybridized carbons (Fsp3) is 0.514. The highest BCUT2D eigenvalue weighted by molar-refractivity contribution is 7.92. The number of methoxy groups -OCH3 is 1. The van der Waals surface area contributed by atoms with Gasteiger partial charge in [-0.2, -0.15) is 0 Å². The van der Waals surface area contributed by atoms with Crippen molar-refractivity contribution < 1.29 is 27.7 Å². The minimum absolute atomic E-state index is 0.0182. The van der Waals surface area contributed by atoms with Crippen molar-refractivity contribution in [2.75, 3.05) is 37.5 Å². The molecule has 2 aromatic carbocycles. The van der Waals surface area contributed by atoms with Gasteiger partial charge in [0.25, 0.3) is 5.91 Å². The zero-order valence-corrected chi connectivity index (χ0v) is 30.1. The van der Waals surface area contributed by atoms with Crippen LogP contribution < -0.4 is 14.4 Å². The summed E-state index contributed by atoms with van der Waals surface area (Å²) in [5, 5.41) is 8.45. The van der Waals surface area contributed by atoms with Crippen LogP contribution in [0.1, 0.15) is 78.2 Å². The second-order valence-corrected chi connectivity index (χ2v) is 16.6. The molecule has 5 atom stereocenters. The second kappa shape index (κ2) is 14.5. The van der Waals surface area contributed by atoms with Crippen LogP contribution >= 0.6 is 11.6 Å². The number of carbonyl (C=O) groups is 2.